The molecule has 1 atom stereocenters. The Hall–Kier alpha value is -2.83. The van der Waals surface area contributed by atoms with Crippen molar-refractivity contribution < 1.29 is 17.9 Å². The minimum Gasteiger partial charge on any atom is -0.493 e. The van der Waals surface area contributed by atoms with E-state index in [1.807, 2.05) is 0 Å². The molecule has 2 heterocycles. The summed E-state index contributed by atoms with van der Waals surface area (Å²) in [4.78, 5) is 7.88. The van der Waals surface area contributed by atoms with Crippen molar-refractivity contribution in [2.75, 3.05) is 11.9 Å². The van der Waals surface area contributed by atoms with Crippen molar-refractivity contribution in [1.29, 1.82) is 0 Å². The molecule has 0 saturated carbocycles. The molecule has 1 aliphatic heterocycles. The van der Waals surface area contributed by atoms with Crippen molar-refractivity contribution in [3.05, 3.63) is 59.7 Å². The summed E-state index contributed by atoms with van der Waals surface area (Å²) >= 11 is 0. The molecular formula is C18H14F3N3O. The lowest BCUT2D eigenvalue weighted by Crippen LogP contribution is -2.21. The summed E-state index contributed by atoms with van der Waals surface area (Å²) in [6, 6.07) is 10.9. The molecule has 0 fully saturated rings. The second-order valence-electron chi connectivity index (χ2n) is 5.76. The van der Waals surface area contributed by atoms with Gasteiger partial charge in [-0.25, -0.2) is 23.1 Å². The molecule has 2 aromatic carbocycles. The van der Waals surface area contributed by atoms with E-state index < -0.39 is 12.2 Å². The van der Waals surface area contributed by atoms with Crippen LogP contribution in [-0.4, -0.2) is 16.6 Å². The molecule has 0 aliphatic carbocycles. The quantitative estimate of drug-likeness (QED) is 0.751. The first-order valence-corrected chi connectivity index (χ1v) is 7.85. The zero-order chi connectivity index (χ0) is 17.4. The van der Waals surface area contributed by atoms with E-state index in [-0.39, 0.29) is 11.9 Å². The normalized spacial score (nSPS) is 16.6. The van der Waals surface area contributed by atoms with Crippen molar-refractivity contribution in [2.24, 2.45) is 0 Å². The largest absolute Gasteiger partial charge is 0.493 e. The van der Waals surface area contributed by atoms with Gasteiger partial charge in [0.2, 0.25) is 0 Å². The highest BCUT2D eigenvalue weighted by Gasteiger charge is 2.24. The first kappa shape index (κ1) is 15.7. The van der Waals surface area contributed by atoms with Gasteiger partial charge in [0.05, 0.1) is 18.2 Å². The zero-order valence-corrected chi connectivity index (χ0v) is 13.0. The summed E-state index contributed by atoms with van der Waals surface area (Å²) in [5.74, 6) is -0.0230. The molecule has 1 aromatic heterocycles. The van der Waals surface area contributed by atoms with Crippen molar-refractivity contribution in [1.82, 2.24) is 9.97 Å². The number of nitrogens with zero attached hydrogens (tertiary/aromatic N) is 2. The molecule has 0 spiro atoms. The molecule has 1 N–H and O–H groups in total. The molecule has 0 saturated heterocycles. The van der Waals surface area contributed by atoms with E-state index in [9.17, 15) is 13.2 Å². The summed E-state index contributed by atoms with van der Waals surface area (Å²) in [6.07, 6.45) is -2.21. The Balaban J connectivity index is 1.78. The third kappa shape index (κ3) is 2.97. The molecule has 0 bridgehead atoms. The number of hydrogen-bond acceptors (Lipinski definition) is 4. The number of nitrogens with one attached hydrogen (secondary N) is 1. The molecule has 0 radical (unpaired) electrons. The van der Waals surface area contributed by atoms with Crippen LogP contribution in [0.15, 0.2) is 42.5 Å². The fraction of sp³-hybridized carbons (Fsp3) is 0.222. The Morgan fingerprint density at radius 3 is 2.80 bits per heavy atom. The van der Waals surface area contributed by atoms with E-state index in [2.05, 4.69) is 15.3 Å². The molecule has 4 rings (SSSR count). The average Bonchev–Trinajstić information content (AvgIpc) is 2.62. The highest BCUT2D eigenvalue weighted by atomic mass is 19.3. The van der Waals surface area contributed by atoms with E-state index in [1.54, 1.807) is 30.3 Å². The monoisotopic (exact) mass is 345 g/mol. The second-order valence-corrected chi connectivity index (χ2v) is 5.76. The van der Waals surface area contributed by atoms with Crippen LogP contribution in [0.3, 0.4) is 0 Å². The van der Waals surface area contributed by atoms with E-state index in [0.29, 0.717) is 41.1 Å². The van der Waals surface area contributed by atoms with E-state index in [1.165, 1.54) is 12.1 Å². The van der Waals surface area contributed by atoms with E-state index in [0.717, 1.165) is 0 Å². The van der Waals surface area contributed by atoms with Crippen LogP contribution in [0.4, 0.5) is 19.0 Å². The van der Waals surface area contributed by atoms with Gasteiger partial charge in [0.1, 0.15) is 17.4 Å². The Labute approximate surface area is 141 Å². The van der Waals surface area contributed by atoms with Gasteiger partial charge >= 0.3 is 0 Å². The van der Waals surface area contributed by atoms with Gasteiger partial charge in [0.15, 0.2) is 5.82 Å². The lowest BCUT2D eigenvalue weighted by Gasteiger charge is -2.27. The summed E-state index contributed by atoms with van der Waals surface area (Å²) < 4.78 is 45.4. The lowest BCUT2D eigenvalue weighted by molar-refractivity contribution is 0.141. The molecule has 0 amide bonds. The predicted molar refractivity (Wildman–Crippen MR) is 87.4 cm³/mol. The standard InChI is InChI=1S/C18H14F3N3O/c19-10-5-6-15-12(9-10)14(7-8-25-15)22-17-11-3-1-2-4-13(11)23-18(24-17)16(20)21/h1-6,9,14,16H,7-8H2,(H,22,23,24). The average molecular weight is 345 g/mol. The third-order valence-electron chi connectivity index (χ3n) is 4.14. The Morgan fingerprint density at radius 2 is 1.96 bits per heavy atom. The van der Waals surface area contributed by atoms with Gasteiger partial charge < -0.3 is 10.1 Å². The van der Waals surface area contributed by atoms with Crippen molar-refractivity contribution in [2.45, 2.75) is 18.9 Å². The Bertz CT molecular complexity index is 933. The van der Waals surface area contributed by atoms with Gasteiger partial charge in [-0.1, -0.05) is 12.1 Å². The highest BCUT2D eigenvalue weighted by molar-refractivity contribution is 5.89. The molecule has 25 heavy (non-hydrogen) atoms. The molecule has 7 heteroatoms. The summed E-state index contributed by atoms with van der Waals surface area (Å²) in [6.45, 7) is 0.445. The number of fused-ring (bicyclic) bond motifs is 2. The van der Waals surface area contributed by atoms with Crippen LogP contribution in [0.2, 0.25) is 0 Å². The number of para-hydroxylation sites is 1. The number of ether oxygens (including phenoxy) is 1. The fourth-order valence-electron chi connectivity index (χ4n) is 2.98. The molecule has 3 aromatic rings. The van der Waals surface area contributed by atoms with Gasteiger partial charge in [-0.05, 0) is 30.3 Å². The highest BCUT2D eigenvalue weighted by Crippen LogP contribution is 2.36. The van der Waals surface area contributed by atoms with Crippen LogP contribution in [0, 0.1) is 5.82 Å². The maximum atomic E-state index is 13.6. The van der Waals surface area contributed by atoms with Gasteiger partial charge in [-0.3, -0.25) is 0 Å². The number of halogens is 3. The number of anilines is 1. The predicted octanol–water partition coefficient (Wildman–Crippen LogP) is 4.64. The third-order valence-corrected chi connectivity index (χ3v) is 4.14. The maximum Gasteiger partial charge on any atom is 0.297 e. The number of alkyl halides is 2. The smallest absolute Gasteiger partial charge is 0.297 e. The van der Waals surface area contributed by atoms with Crippen LogP contribution in [-0.2, 0) is 0 Å². The van der Waals surface area contributed by atoms with Gasteiger partial charge in [-0.15, -0.1) is 0 Å². The van der Waals surface area contributed by atoms with Gasteiger partial charge in [0, 0.05) is 17.4 Å². The first-order chi connectivity index (χ1) is 12.1. The number of aromatic nitrogens is 2. The maximum absolute atomic E-state index is 13.6. The second kappa shape index (κ2) is 6.23. The van der Waals surface area contributed by atoms with Crippen molar-refractivity contribution in [3.63, 3.8) is 0 Å². The van der Waals surface area contributed by atoms with Gasteiger partial charge in [0.25, 0.3) is 6.43 Å². The topological polar surface area (TPSA) is 47.0 Å². The summed E-state index contributed by atoms with van der Waals surface area (Å²) in [5, 5.41) is 3.81. The molecular weight excluding hydrogens is 331 g/mol. The fourth-order valence-corrected chi connectivity index (χ4v) is 2.98. The number of benzene rings is 2. The summed E-state index contributed by atoms with van der Waals surface area (Å²) in [5.41, 5.74) is 1.08. The van der Waals surface area contributed by atoms with Crippen LogP contribution < -0.4 is 10.1 Å². The Morgan fingerprint density at radius 1 is 1.12 bits per heavy atom. The minimum atomic E-state index is -2.77. The van der Waals surface area contributed by atoms with E-state index >= 15 is 0 Å². The van der Waals surface area contributed by atoms with Crippen LogP contribution >= 0.6 is 0 Å². The van der Waals surface area contributed by atoms with E-state index in [4.69, 9.17) is 4.74 Å². The van der Waals surface area contributed by atoms with Gasteiger partial charge in [-0.2, -0.15) is 0 Å². The molecule has 1 unspecified atom stereocenters. The number of rotatable bonds is 3. The van der Waals surface area contributed by atoms with Crippen LogP contribution in [0.5, 0.6) is 5.75 Å². The molecule has 128 valence electrons. The number of hydrogen-bond donors (Lipinski definition) is 1. The molecule has 4 nitrogen and oxygen atoms in total. The SMILES string of the molecule is Fc1ccc2c(c1)C(Nc1nc(C(F)F)nc3ccccc13)CCO2. The van der Waals surface area contributed by atoms with Crippen molar-refractivity contribution in [3.8, 4) is 5.75 Å². The van der Waals surface area contributed by atoms with Crippen LogP contribution in [0.25, 0.3) is 10.9 Å². The first-order valence-electron chi connectivity index (χ1n) is 7.85. The molecule has 1 aliphatic rings. The minimum absolute atomic E-state index is 0.289. The van der Waals surface area contributed by atoms with Crippen molar-refractivity contribution >= 4 is 16.7 Å². The Kier molecular flexibility index (Phi) is 3.91. The summed E-state index contributed by atoms with van der Waals surface area (Å²) in [7, 11) is 0. The van der Waals surface area contributed by atoms with Crippen LogP contribution in [0.1, 0.15) is 30.3 Å². The zero-order valence-electron chi connectivity index (χ0n) is 13.0. The lowest BCUT2D eigenvalue weighted by atomic mass is 10.00.